The molecule has 0 aliphatic carbocycles. The number of aryl methyl sites for hydroxylation is 1. The zero-order chi connectivity index (χ0) is 25.4. The van der Waals surface area contributed by atoms with E-state index in [0.717, 1.165) is 32.1 Å². The Balaban J connectivity index is 1.81. The lowest BCUT2D eigenvalue weighted by Gasteiger charge is -2.24. The van der Waals surface area contributed by atoms with Crippen LogP contribution in [-0.2, 0) is 19.6 Å². The summed E-state index contributed by atoms with van der Waals surface area (Å²) >= 11 is 3.55. The lowest BCUT2D eigenvalue weighted by atomic mass is 9.84. The third-order valence-corrected chi connectivity index (χ3v) is 8.63. The second-order valence-corrected chi connectivity index (χ2v) is 11.4. The van der Waals surface area contributed by atoms with E-state index in [0.29, 0.717) is 11.4 Å². The maximum atomic E-state index is 13.9. The molecule has 1 unspecified atom stereocenters. The highest BCUT2D eigenvalue weighted by molar-refractivity contribution is 9.10. The van der Waals surface area contributed by atoms with Gasteiger partial charge in [-0.2, -0.15) is 0 Å². The van der Waals surface area contributed by atoms with Gasteiger partial charge in [0.05, 0.1) is 18.0 Å². The van der Waals surface area contributed by atoms with Crippen molar-refractivity contribution in [1.29, 1.82) is 0 Å². The minimum atomic E-state index is -3.94. The molecule has 6 nitrogen and oxygen atoms in total. The first-order valence-corrected chi connectivity index (χ1v) is 13.9. The van der Waals surface area contributed by atoms with Crippen LogP contribution in [0.5, 0.6) is 0 Å². The molecule has 0 spiro atoms. The van der Waals surface area contributed by atoms with Crippen LogP contribution < -0.4 is 4.31 Å². The van der Waals surface area contributed by atoms with E-state index in [-0.39, 0.29) is 18.0 Å². The van der Waals surface area contributed by atoms with E-state index < -0.39 is 21.9 Å². The number of hydrogen-bond donors (Lipinski definition) is 1. The summed E-state index contributed by atoms with van der Waals surface area (Å²) in [6, 6.07) is 22.2. The first kappa shape index (κ1) is 24.3. The predicted octanol–water partition coefficient (Wildman–Crippen LogP) is 6.07. The van der Waals surface area contributed by atoms with E-state index in [2.05, 4.69) is 20.9 Å². The van der Waals surface area contributed by atoms with Crippen LogP contribution in [0.1, 0.15) is 29.5 Å². The molecule has 0 saturated heterocycles. The molecule has 4 aromatic rings. The lowest BCUT2D eigenvalue weighted by molar-refractivity contribution is -0.138. The number of ether oxygens (including phenoxy) is 1. The number of halogens is 1. The monoisotopic (exact) mass is 564 g/mol. The molecule has 0 saturated carbocycles. The fourth-order valence-electron chi connectivity index (χ4n) is 4.69. The van der Waals surface area contributed by atoms with Crippen LogP contribution in [0.3, 0.4) is 0 Å². The number of aromatic nitrogens is 1. The predicted molar refractivity (Wildman–Crippen MR) is 145 cm³/mol. The molecule has 1 aromatic heterocycles. The standard InChI is InChI=1S/C28H25BrN2O4S/c1-3-35-28(32)23-15-16-31(36(33,34)21-13-11-18(2)12-14-21)27-26(22-9-4-5-10-24(22)30-27)25(23)19-7-6-8-20(29)17-19/h4-15,17,25,30H,3,16H2,1-2H3. The van der Waals surface area contributed by atoms with Crippen molar-refractivity contribution in [3.8, 4) is 0 Å². The molecule has 8 heteroatoms. The minimum absolute atomic E-state index is 0.0192. The molecule has 5 rings (SSSR count). The third kappa shape index (κ3) is 4.24. The van der Waals surface area contributed by atoms with Crippen LogP contribution in [-0.4, -0.2) is 32.5 Å². The van der Waals surface area contributed by atoms with Crippen molar-refractivity contribution in [2.45, 2.75) is 24.7 Å². The van der Waals surface area contributed by atoms with Gasteiger partial charge < -0.3 is 9.72 Å². The molecule has 184 valence electrons. The molecule has 1 N–H and O–H groups in total. The Morgan fingerprint density at radius 3 is 2.56 bits per heavy atom. The van der Waals surface area contributed by atoms with Crippen molar-refractivity contribution in [2.24, 2.45) is 0 Å². The zero-order valence-electron chi connectivity index (χ0n) is 19.9. The second-order valence-electron chi connectivity index (χ2n) is 8.65. The third-order valence-electron chi connectivity index (χ3n) is 6.35. The maximum Gasteiger partial charge on any atom is 0.334 e. The van der Waals surface area contributed by atoms with Crippen molar-refractivity contribution >= 4 is 48.6 Å². The van der Waals surface area contributed by atoms with Gasteiger partial charge >= 0.3 is 5.97 Å². The van der Waals surface area contributed by atoms with Crippen molar-refractivity contribution in [2.75, 3.05) is 17.5 Å². The minimum Gasteiger partial charge on any atom is -0.463 e. The highest BCUT2D eigenvalue weighted by Gasteiger charge is 2.38. The summed E-state index contributed by atoms with van der Waals surface area (Å²) in [5.74, 6) is -0.559. The summed E-state index contributed by atoms with van der Waals surface area (Å²) in [6.45, 7) is 3.87. The van der Waals surface area contributed by atoms with E-state index in [1.807, 2.05) is 55.5 Å². The van der Waals surface area contributed by atoms with Crippen LogP contribution in [0.2, 0.25) is 0 Å². The van der Waals surface area contributed by atoms with Gasteiger partial charge in [-0.15, -0.1) is 0 Å². The van der Waals surface area contributed by atoms with Crippen LogP contribution in [0.25, 0.3) is 10.9 Å². The number of benzene rings is 3. The number of hydrogen-bond acceptors (Lipinski definition) is 4. The topological polar surface area (TPSA) is 79.5 Å². The quantitative estimate of drug-likeness (QED) is 0.298. The molecule has 0 radical (unpaired) electrons. The molecule has 36 heavy (non-hydrogen) atoms. The average molecular weight is 565 g/mol. The summed E-state index contributed by atoms with van der Waals surface area (Å²) in [5.41, 5.74) is 3.73. The fraction of sp³-hybridized carbons (Fsp3) is 0.179. The number of nitrogens with zero attached hydrogens (tertiary/aromatic N) is 1. The largest absolute Gasteiger partial charge is 0.463 e. The fourth-order valence-corrected chi connectivity index (χ4v) is 6.49. The Bertz CT molecular complexity index is 1590. The summed E-state index contributed by atoms with van der Waals surface area (Å²) in [5, 5.41) is 0.846. The van der Waals surface area contributed by atoms with E-state index in [9.17, 15) is 13.2 Å². The Morgan fingerprint density at radius 1 is 1.08 bits per heavy atom. The number of anilines is 1. The molecule has 2 heterocycles. The number of H-pyrrole nitrogens is 1. The number of para-hydroxylation sites is 1. The normalized spacial score (nSPS) is 15.8. The first-order chi connectivity index (χ1) is 17.3. The molecule has 0 amide bonds. The van der Waals surface area contributed by atoms with E-state index in [4.69, 9.17) is 4.74 Å². The Labute approximate surface area is 218 Å². The Morgan fingerprint density at radius 2 is 1.83 bits per heavy atom. The van der Waals surface area contributed by atoms with Gasteiger partial charge in [0.25, 0.3) is 10.0 Å². The van der Waals surface area contributed by atoms with Gasteiger partial charge in [0.1, 0.15) is 5.82 Å². The van der Waals surface area contributed by atoms with Crippen molar-refractivity contribution in [3.63, 3.8) is 0 Å². The second kappa shape index (κ2) is 9.59. The molecule has 1 atom stereocenters. The number of esters is 1. The SMILES string of the molecule is CCOC(=O)C1=CCN(S(=O)(=O)c2ccc(C)cc2)c2[nH]c3ccccc3c2C1c1cccc(Br)c1. The number of aromatic amines is 1. The van der Waals surface area contributed by atoms with Crippen molar-refractivity contribution in [3.05, 3.63) is 106 Å². The van der Waals surface area contributed by atoms with Crippen LogP contribution in [0.4, 0.5) is 5.82 Å². The molecule has 0 fully saturated rings. The average Bonchev–Trinajstić information content (AvgIpc) is 3.13. The smallest absolute Gasteiger partial charge is 0.334 e. The first-order valence-electron chi connectivity index (χ1n) is 11.6. The lowest BCUT2D eigenvalue weighted by Crippen LogP contribution is -2.31. The molecular formula is C28H25BrN2O4S. The van der Waals surface area contributed by atoms with Gasteiger partial charge in [0.15, 0.2) is 0 Å². The summed E-state index contributed by atoms with van der Waals surface area (Å²) < 4.78 is 35.5. The number of carbonyl (C=O) groups excluding carboxylic acids is 1. The Hall–Kier alpha value is -3.36. The van der Waals surface area contributed by atoms with Gasteiger partial charge in [-0.3, -0.25) is 0 Å². The molecule has 3 aromatic carbocycles. The van der Waals surface area contributed by atoms with Crippen LogP contribution in [0, 0.1) is 6.92 Å². The van der Waals surface area contributed by atoms with Crippen molar-refractivity contribution < 1.29 is 17.9 Å². The number of nitrogens with one attached hydrogen (secondary N) is 1. The van der Waals surface area contributed by atoms with Gasteiger partial charge in [0.2, 0.25) is 0 Å². The number of rotatable bonds is 5. The van der Waals surface area contributed by atoms with Crippen molar-refractivity contribution in [1.82, 2.24) is 4.98 Å². The van der Waals surface area contributed by atoms with Crippen LogP contribution in [0.15, 0.2) is 93.8 Å². The highest BCUT2D eigenvalue weighted by atomic mass is 79.9. The maximum absolute atomic E-state index is 13.9. The van der Waals surface area contributed by atoms with Gasteiger partial charge in [-0.25, -0.2) is 17.5 Å². The molecule has 1 aliphatic heterocycles. The van der Waals surface area contributed by atoms with E-state index >= 15 is 0 Å². The summed E-state index contributed by atoms with van der Waals surface area (Å²) in [7, 11) is -3.94. The molecular weight excluding hydrogens is 540 g/mol. The number of carbonyl (C=O) groups is 1. The van der Waals surface area contributed by atoms with Gasteiger partial charge in [-0.05, 0) is 49.7 Å². The summed E-state index contributed by atoms with van der Waals surface area (Å²) in [6.07, 6.45) is 1.68. The summed E-state index contributed by atoms with van der Waals surface area (Å²) in [4.78, 5) is 16.8. The molecule has 0 bridgehead atoms. The van der Waals surface area contributed by atoms with E-state index in [1.165, 1.54) is 4.31 Å². The van der Waals surface area contributed by atoms with Crippen LogP contribution >= 0.6 is 15.9 Å². The number of fused-ring (bicyclic) bond motifs is 3. The van der Waals surface area contributed by atoms with Gasteiger partial charge in [0, 0.05) is 32.4 Å². The Kier molecular flexibility index (Phi) is 6.49. The highest BCUT2D eigenvalue weighted by Crippen LogP contribution is 2.46. The molecule has 1 aliphatic rings. The zero-order valence-corrected chi connectivity index (χ0v) is 22.3. The van der Waals surface area contributed by atoms with E-state index in [1.54, 1.807) is 37.3 Å². The van der Waals surface area contributed by atoms with Gasteiger partial charge in [-0.1, -0.05) is 70.0 Å². The number of sulfonamides is 1.